The molecule has 2 aromatic carbocycles. The second-order valence-corrected chi connectivity index (χ2v) is 8.79. The second kappa shape index (κ2) is 11.7. The minimum absolute atomic E-state index is 0.0151. The van der Waals surface area contributed by atoms with Gasteiger partial charge in [0.15, 0.2) is 0 Å². The maximum absolute atomic E-state index is 13.0. The Bertz CT molecular complexity index is 792. The molecule has 0 aliphatic carbocycles. The smallest absolute Gasteiger partial charge is 0.242 e. The topological polar surface area (TPSA) is 49.4 Å². The van der Waals surface area contributed by atoms with Crippen LogP contribution in [0.2, 0.25) is 0 Å². The van der Waals surface area contributed by atoms with Gasteiger partial charge in [0.05, 0.1) is 5.75 Å². The van der Waals surface area contributed by atoms with Gasteiger partial charge in [0.25, 0.3) is 0 Å². The predicted molar refractivity (Wildman–Crippen MR) is 122 cm³/mol. The van der Waals surface area contributed by atoms with Crippen molar-refractivity contribution in [1.29, 1.82) is 0 Å². The molecule has 0 spiro atoms. The van der Waals surface area contributed by atoms with Crippen LogP contribution in [0.3, 0.4) is 0 Å². The zero-order valence-electron chi connectivity index (χ0n) is 17.9. The molecule has 1 N–H and O–H groups in total. The van der Waals surface area contributed by atoms with Crippen molar-refractivity contribution in [2.24, 2.45) is 5.92 Å². The maximum atomic E-state index is 13.0. The van der Waals surface area contributed by atoms with Gasteiger partial charge in [-0.3, -0.25) is 9.59 Å². The lowest BCUT2D eigenvalue weighted by molar-refractivity contribution is -0.138. The molecule has 0 aliphatic heterocycles. The molecule has 29 heavy (non-hydrogen) atoms. The second-order valence-electron chi connectivity index (χ2n) is 7.80. The third-order valence-electron chi connectivity index (χ3n) is 4.62. The summed E-state index contributed by atoms with van der Waals surface area (Å²) in [5.41, 5.74) is 3.45. The third kappa shape index (κ3) is 7.94. The fourth-order valence-corrected chi connectivity index (χ4v) is 3.81. The van der Waals surface area contributed by atoms with Gasteiger partial charge in [-0.25, -0.2) is 0 Å². The molecule has 0 saturated heterocycles. The maximum Gasteiger partial charge on any atom is 0.242 e. The minimum Gasteiger partial charge on any atom is -0.354 e. The van der Waals surface area contributed by atoms with Gasteiger partial charge >= 0.3 is 0 Å². The fourth-order valence-electron chi connectivity index (χ4n) is 2.96. The van der Waals surface area contributed by atoms with Crippen molar-refractivity contribution in [3.63, 3.8) is 0 Å². The van der Waals surface area contributed by atoms with Crippen LogP contribution in [-0.2, 0) is 21.9 Å². The Morgan fingerprint density at radius 1 is 1.00 bits per heavy atom. The zero-order valence-corrected chi connectivity index (χ0v) is 18.7. The molecule has 5 heteroatoms. The summed E-state index contributed by atoms with van der Waals surface area (Å²) in [6.07, 6.45) is 0. The highest BCUT2D eigenvalue weighted by Gasteiger charge is 2.26. The third-order valence-corrected chi connectivity index (χ3v) is 5.61. The number of hydrogen-bond acceptors (Lipinski definition) is 3. The van der Waals surface area contributed by atoms with Gasteiger partial charge < -0.3 is 10.2 Å². The minimum atomic E-state index is -0.513. The SMILES string of the molecule is Cc1cccc(CSCC(=O)N(Cc2ccccc2)[C@@H](C)C(=O)NCC(C)C)c1. The molecule has 2 amide bonds. The summed E-state index contributed by atoms with van der Waals surface area (Å²) in [5, 5.41) is 2.95. The molecule has 0 radical (unpaired) electrons. The lowest BCUT2D eigenvalue weighted by Gasteiger charge is -2.29. The van der Waals surface area contributed by atoms with Gasteiger partial charge in [-0.1, -0.05) is 74.0 Å². The largest absolute Gasteiger partial charge is 0.354 e. The van der Waals surface area contributed by atoms with E-state index in [0.717, 1.165) is 11.3 Å². The van der Waals surface area contributed by atoms with E-state index in [1.165, 1.54) is 11.1 Å². The van der Waals surface area contributed by atoms with Crippen molar-refractivity contribution >= 4 is 23.6 Å². The van der Waals surface area contributed by atoms with Crippen LogP contribution >= 0.6 is 11.8 Å². The Hall–Kier alpha value is -2.27. The van der Waals surface area contributed by atoms with Crippen LogP contribution in [0.4, 0.5) is 0 Å². The number of aryl methyl sites for hydroxylation is 1. The average Bonchev–Trinajstić information content (AvgIpc) is 2.70. The van der Waals surface area contributed by atoms with Crippen LogP contribution < -0.4 is 5.32 Å². The number of hydrogen-bond donors (Lipinski definition) is 1. The fraction of sp³-hybridized carbons (Fsp3) is 0.417. The first-order chi connectivity index (χ1) is 13.9. The summed E-state index contributed by atoms with van der Waals surface area (Å²) in [7, 11) is 0. The number of amides is 2. The number of nitrogens with zero attached hydrogens (tertiary/aromatic N) is 1. The summed E-state index contributed by atoms with van der Waals surface area (Å²) >= 11 is 1.59. The van der Waals surface area contributed by atoms with Crippen molar-refractivity contribution < 1.29 is 9.59 Å². The molecular weight excluding hydrogens is 380 g/mol. The van der Waals surface area contributed by atoms with E-state index in [-0.39, 0.29) is 11.8 Å². The zero-order chi connectivity index (χ0) is 21.2. The Labute approximate surface area is 179 Å². The summed E-state index contributed by atoms with van der Waals surface area (Å²) in [6.45, 7) is 9.03. The number of benzene rings is 2. The van der Waals surface area contributed by atoms with Crippen molar-refractivity contribution in [2.45, 2.75) is 46.0 Å². The molecule has 0 bridgehead atoms. The number of thioether (sulfide) groups is 1. The molecule has 0 saturated carbocycles. The molecule has 156 valence electrons. The molecule has 2 aromatic rings. The summed E-state index contributed by atoms with van der Waals surface area (Å²) < 4.78 is 0. The van der Waals surface area contributed by atoms with Crippen molar-refractivity contribution in [1.82, 2.24) is 10.2 Å². The van der Waals surface area contributed by atoms with Gasteiger partial charge in [0, 0.05) is 18.8 Å². The van der Waals surface area contributed by atoms with E-state index < -0.39 is 6.04 Å². The Balaban J connectivity index is 2.02. The van der Waals surface area contributed by atoms with Gasteiger partial charge in [-0.05, 0) is 30.9 Å². The molecule has 0 fully saturated rings. The first-order valence-corrected chi connectivity index (χ1v) is 11.3. The normalized spacial score (nSPS) is 11.9. The molecule has 4 nitrogen and oxygen atoms in total. The van der Waals surface area contributed by atoms with Crippen LogP contribution in [0.1, 0.15) is 37.5 Å². The average molecular weight is 413 g/mol. The van der Waals surface area contributed by atoms with Crippen LogP contribution in [0.15, 0.2) is 54.6 Å². The predicted octanol–water partition coefficient (Wildman–Crippen LogP) is 4.42. The molecule has 0 aromatic heterocycles. The van der Waals surface area contributed by atoms with Gasteiger partial charge in [-0.2, -0.15) is 0 Å². The monoisotopic (exact) mass is 412 g/mol. The lowest BCUT2D eigenvalue weighted by Crippen LogP contribution is -2.48. The van der Waals surface area contributed by atoms with Crippen LogP contribution in [0, 0.1) is 12.8 Å². The number of rotatable bonds is 10. The molecule has 2 rings (SSSR count). The first kappa shape index (κ1) is 23.0. The van der Waals surface area contributed by atoms with Gasteiger partial charge in [0.2, 0.25) is 11.8 Å². The summed E-state index contributed by atoms with van der Waals surface area (Å²) in [4.78, 5) is 27.3. The lowest BCUT2D eigenvalue weighted by atomic mass is 10.1. The van der Waals surface area contributed by atoms with E-state index in [1.807, 2.05) is 43.3 Å². The van der Waals surface area contributed by atoms with Crippen molar-refractivity contribution in [3.05, 3.63) is 71.3 Å². The molecule has 0 aliphatic rings. The highest BCUT2D eigenvalue weighted by Crippen LogP contribution is 2.16. The Morgan fingerprint density at radius 2 is 1.69 bits per heavy atom. The highest BCUT2D eigenvalue weighted by atomic mass is 32.2. The summed E-state index contributed by atoms with van der Waals surface area (Å²) in [6, 6.07) is 17.6. The van der Waals surface area contributed by atoms with Crippen molar-refractivity contribution in [2.75, 3.05) is 12.3 Å². The van der Waals surface area contributed by atoms with Crippen LogP contribution in [0.5, 0.6) is 0 Å². The van der Waals surface area contributed by atoms with Gasteiger partial charge in [0.1, 0.15) is 6.04 Å². The highest BCUT2D eigenvalue weighted by molar-refractivity contribution is 7.99. The molecular formula is C24H32N2O2S. The quantitative estimate of drug-likeness (QED) is 0.628. The number of carbonyl (C=O) groups is 2. The van der Waals surface area contributed by atoms with E-state index in [1.54, 1.807) is 16.7 Å². The standard InChI is InChI=1S/C24H32N2O2S/c1-18(2)14-25-24(28)20(4)26(15-21-10-6-5-7-11-21)23(27)17-29-16-22-12-8-9-19(3)13-22/h5-13,18,20H,14-17H2,1-4H3,(H,25,28)/t20-/m0/s1. The van der Waals surface area contributed by atoms with Gasteiger partial charge in [-0.15, -0.1) is 11.8 Å². The molecule has 0 unspecified atom stereocenters. The van der Waals surface area contributed by atoms with E-state index >= 15 is 0 Å². The van der Waals surface area contributed by atoms with E-state index in [4.69, 9.17) is 0 Å². The van der Waals surface area contributed by atoms with E-state index in [0.29, 0.717) is 24.8 Å². The molecule has 1 atom stereocenters. The van der Waals surface area contributed by atoms with E-state index in [2.05, 4.69) is 44.3 Å². The Morgan fingerprint density at radius 3 is 2.34 bits per heavy atom. The van der Waals surface area contributed by atoms with E-state index in [9.17, 15) is 9.59 Å². The first-order valence-electron chi connectivity index (χ1n) is 10.1. The number of nitrogens with one attached hydrogen (secondary N) is 1. The summed E-state index contributed by atoms with van der Waals surface area (Å²) in [5.74, 6) is 1.38. The van der Waals surface area contributed by atoms with Crippen LogP contribution in [0.25, 0.3) is 0 Å². The molecule has 0 heterocycles. The Kier molecular flexibility index (Phi) is 9.26. The van der Waals surface area contributed by atoms with Crippen LogP contribution in [-0.4, -0.2) is 35.1 Å². The van der Waals surface area contributed by atoms with Crippen molar-refractivity contribution in [3.8, 4) is 0 Å². The number of carbonyl (C=O) groups excluding carboxylic acids is 2.